The van der Waals surface area contributed by atoms with Gasteiger partial charge in [-0.2, -0.15) is 0 Å². The van der Waals surface area contributed by atoms with E-state index in [-0.39, 0.29) is 11.5 Å². The molecule has 0 bridgehead atoms. The molecule has 0 fully saturated rings. The molecular weight excluding hydrogens is 209 g/mol. The molecule has 0 unspecified atom stereocenters. The third-order valence-corrected chi connectivity index (χ3v) is 2.82. The number of rotatable bonds is 2. The third-order valence-electron chi connectivity index (χ3n) is 2.82. The zero-order valence-corrected chi connectivity index (χ0v) is 9.12. The summed E-state index contributed by atoms with van der Waals surface area (Å²) in [5.74, 6) is -1.33. The molecule has 16 heavy (non-hydrogen) atoms. The predicted octanol–water partition coefficient (Wildman–Crippen LogP) is 2.58. The number of aryl methyl sites for hydroxylation is 2. The molecule has 0 amide bonds. The molecule has 2 rings (SSSR count). The highest BCUT2D eigenvalue weighted by atomic mass is 19.1. The zero-order chi connectivity index (χ0) is 11.9. The first kappa shape index (κ1) is 10.7. The Hall–Kier alpha value is -1.84. The van der Waals surface area contributed by atoms with E-state index >= 15 is 0 Å². The largest absolute Gasteiger partial charge is 0.477 e. The van der Waals surface area contributed by atoms with Gasteiger partial charge in [0, 0.05) is 12.4 Å². The maximum absolute atomic E-state index is 13.1. The lowest BCUT2D eigenvalue weighted by atomic mass is 10.1. The standard InChI is InChI=1S/C12H12FNO2/c1-3-8-9-5-4-7(13)6-10(9)14(2)11(8)12(15)16/h4-6H,3H2,1-2H3,(H,15,16). The zero-order valence-electron chi connectivity index (χ0n) is 9.12. The van der Waals surface area contributed by atoms with Gasteiger partial charge in [0.1, 0.15) is 11.5 Å². The third kappa shape index (κ3) is 1.38. The highest BCUT2D eigenvalue weighted by Crippen LogP contribution is 2.26. The van der Waals surface area contributed by atoms with Crippen LogP contribution in [0.15, 0.2) is 18.2 Å². The summed E-state index contributed by atoms with van der Waals surface area (Å²) in [7, 11) is 1.64. The molecule has 1 N–H and O–H groups in total. The molecule has 1 heterocycles. The van der Waals surface area contributed by atoms with E-state index in [0.29, 0.717) is 11.9 Å². The number of carboxylic acids is 1. The average Bonchev–Trinajstić information content (AvgIpc) is 2.51. The van der Waals surface area contributed by atoms with Crippen LogP contribution in [-0.4, -0.2) is 15.6 Å². The molecule has 2 aromatic rings. The number of benzene rings is 1. The minimum absolute atomic E-state index is 0.239. The number of hydrogen-bond acceptors (Lipinski definition) is 1. The van der Waals surface area contributed by atoms with Crippen LogP contribution in [0.4, 0.5) is 4.39 Å². The van der Waals surface area contributed by atoms with Gasteiger partial charge in [0.05, 0.1) is 5.52 Å². The van der Waals surface area contributed by atoms with Gasteiger partial charge < -0.3 is 9.67 Å². The van der Waals surface area contributed by atoms with Gasteiger partial charge in [-0.3, -0.25) is 0 Å². The molecule has 0 aliphatic heterocycles. The number of aromatic carboxylic acids is 1. The van der Waals surface area contributed by atoms with Crippen molar-refractivity contribution in [2.24, 2.45) is 7.05 Å². The maximum atomic E-state index is 13.1. The predicted molar refractivity (Wildman–Crippen MR) is 59.2 cm³/mol. The second-order valence-corrected chi connectivity index (χ2v) is 3.71. The van der Waals surface area contributed by atoms with Crippen molar-refractivity contribution in [3.05, 3.63) is 35.3 Å². The summed E-state index contributed by atoms with van der Waals surface area (Å²) < 4.78 is 14.6. The smallest absolute Gasteiger partial charge is 0.352 e. The lowest BCUT2D eigenvalue weighted by Gasteiger charge is -2.00. The molecule has 3 nitrogen and oxygen atoms in total. The fraction of sp³-hybridized carbons (Fsp3) is 0.250. The van der Waals surface area contributed by atoms with E-state index in [4.69, 9.17) is 5.11 Å². The average molecular weight is 221 g/mol. The Labute approximate surface area is 92.1 Å². The van der Waals surface area contributed by atoms with E-state index in [0.717, 1.165) is 10.9 Å². The number of halogens is 1. The van der Waals surface area contributed by atoms with Gasteiger partial charge in [0.25, 0.3) is 0 Å². The lowest BCUT2D eigenvalue weighted by molar-refractivity contribution is 0.0686. The van der Waals surface area contributed by atoms with Gasteiger partial charge in [-0.05, 0) is 30.2 Å². The van der Waals surface area contributed by atoms with E-state index < -0.39 is 5.97 Å². The highest BCUT2D eigenvalue weighted by Gasteiger charge is 2.19. The summed E-state index contributed by atoms with van der Waals surface area (Å²) in [5, 5.41) is 9.94. The summed E-state index contributed by atoms with van der Waals surface area (Å²) in [6.45, 7) is 1.89. The minimum atomic E-state index is -0.976. The molecule has 0 spiro atoms. The van der Waals surface area contributed by atoms with Crippen molar-refractivity contribution in [1.82, 2.24) is 4.57 Å². The van der Waals surface area contributed by atoms with Crippen LogP contribution >= 0.6 is 0 Å². The van der Waals surface area contributed by atoms with Crippen molar-refractivity contribution < 1.29 is 14.3 Å². The Balaban J connectivity index is 2.90. The van der Waals surface area contributed by atoms with E-state index in [1.165, 1.54) is 16.7 Å². The van der Waals surface area contributed by atoms with Crippen LogP contribution in [0.1, 0.15) is 23.0 Å². The first-order valence-electron chi connectivity index (χ1n) is 5.06. The second kappa shape index (κ2) is 3.63. The Kier molecular flexibility index (Phi) is 2.42. The molecule has 0 atom stereocenters. The van der Waals surface area contributed by atoms with Gasteiger partial charge >= 0.3 is 5.97 Å². The Morgan fingerprint density at radius 3 is 2.75 bits per heavy atom. The summed E-state index contributed by atoms with van der Waals surface area (Å²) in [4.78, 5) is 11.1. The fourth-order valence-electron chi connectivity index (χ4n) is 2.12. The number of carboxylic acid groups (broad SMARTS) is 1. The minimum Gasteiger partial charge on any atom is -0.477 e. The van der Waals surface area contributed by atoms with Crippen molar-refractivity contribution in [3.63, 3.8) is 0 Å². The Morgan fingerprint density at radius 2 is 2.19 bits per heavy atom. The maximum Gasteiger partial charge on any atom is 0.352 e. The summed E-state index contributed by atoms with van der Waals surface area (Å²) >= 11 is 0. The van der Waals surface area contributed by atoms with Crippen molar-refractivity contribution in [1.29, 1.82) is 0 Å². The summed E-state index contributed by atoms with van der Waals surface area (Å²) in [5.41, 5.74) is 1.61. The Morgan fingerprint density at radius 1 is 1.50 bits per heavy atom. The first-order valence-corrected chi connectivity index (χ1v) is 5.06. The van der Waals surface area contributed by atoms with E-state index in [9.17, 15) is 9.18 Å². The van der Waals surface area contributed by atoms with Crippen LogP contribution in [0.3, 0.4) is 0 Å². The number of nitrogens with zero attached hydrogens (tertiary/aromatic N) is 1. The molecule has 84 valence electrons. The molecule has 0 aliphatic rings. The number of aromatic nitrogens is 1. The van der Waals surface area contributed by atoms with Crippen LogP contribution in [0.2, 0.25) is 0 Å². The van der Waals surface area contributed by atoms with Gasteiger partial charge in [0.15, 0.2) is 0 Å². The van der Waals surface area contributed by atoms with Crippen molar-refractivity contribution in [2.45, 2.75) is 13.3 Å². The van der Waals surface area contributed by atoms with Crippen LogP contribution in [0.25, 0.3) is 10.9 Å². The van der Waals surface area contributed by atoms with Gasteiger partial charge in [0.2, 0.25) is 0 Å². The van der Waals surface area contributed by atoms with E-state index in [1.54, 1.807) is 13.1 Å². The number of carbonyl (C=O) groups is 1. The molecule has 0 saturated heterocycles. The topological polar surface area (TPSA) is 42.2 Å². The van der Waals surface area contributed by atoms with Gasteiger partial charge in [-0.15, -0.1) is 0 Å². The molecule has 1 aromatic heterocycles. The van der Waals surface area contributed by atoms with Gasteiger partial charge in [-0.1, -0.05) is 6.92 Å². The summed E-state index contributed by atoms with van der Waals surface area (Å²) in [6, 6.07) is 4.35. The summed E-state index contributed by atoms with van der Waals surface area (Å²) in [6.07, 6.45) is 0.616. The Bertz CT molecular complexity index is 572. The molecule has 0 radical (unpaired) electrons. The number of fused-ring (bicyclic) bond motifs is 1. The van der Waals surface area contributed by atoms with Gasteiger partial charge in [-0.25, -0.2) is 9.18 Å². The van der Waals surface area contributed by atoms with E-state index in [1.807, 2.05) is 6.92 Å². The van der Waals surface area contributed by atoms with Crippen molar-refractivity contribution >= 4 is 16.9 Å². The first-order chi connectivity index (χ1) is 7.56. The second-order valence-electron chi connectivity index (χ2n) is 3.71. The van der Waals surface area contributed by atoms with Crippen molar-refractivity contribution in [2.75, 3.05) is 0 Å². The monoisotopic (exact) mass is 221 g/mol. The van der Waals surface area contributed by atoms with E-state index in [2.05, 4.69) is 0 Å². The number of hydrogen-bond donors (Lipinski definition) is 1. The van der Waals surface area contributed by atoms with Crippen LogP contribution < -0.4 is 0 Å². The molecule has 1 aromatic carbocycles. The van der Waals surface area contributed by atoms with Crippen LogP contribution in [0.5, 0.6) is 0 Å². The molecular formula is C12H12FNO2. The molecule has 0 aliphatic carbocycles. The normalized spacial score (nSPS) is 10.9. The quantitative estimate of drug-likeness (QED) is 0.846. The fourth-order valence-corrected chi connectivity index (χ4v) is 2.12. The SMILES string of the molecule is CCc1c(C(=O)O)n(C)c2cc(F)ccc12. The molecule has 0 saturated carbocycles. The molecule has 4 heteroatoms. The van der Waals surface area contributed by atoms with Crippen LogP contribution in [-0.2, 0) is 13.5 Å². The van der Waals surface area contributed by atoms with Crippen LogP contribution in [0, 0.1) is 5.82 Å². The lowest BCUT2D eigenvalue weighted by Crippen LogP contribution is -2.06. The van der Waals surface area contributed by atoms with Crippen molar-refractivity contribution in [3.8, 4) is 0 Å². The highest BCUT2D eigenvalue weighted by molar-refractivity contribution is 5.98.